The second-order valence-corrected chi connectivity index (χ2v) is 24.1. The van der Waals surface area contributed by atoms with Crippen molar-refractivity contribution in [3.8, 4) is 51.8 Å². The summed E-state index contributed by atoms with van der Waals surface area (Å²) in [6, 6.07) is 22.9. The number of tetrazole rings is 2. The van der Waals surface area contributed by atoms with Gasteiger partial charge in [-0.25, -0.2) is 31.1 Å². The average molecular weight is 1080 g/mol. The number of hydrogen-bond donors (Lipinski definition) is 1. The van der Waals surface area contributed by atoms with Crippen molar-refractivity contribution in [2.45, 2.75) is 103 Å². The molecule has 2 saturated heterocycles. The summed E-state index contributed by atoms with van der Waals surface area (Å²) in [4.78, 5) is 27.9. The van der Waals surface area contributed by atoms with Crippen LogP contribution in [0.15, 0.2) is 82.6 Å². The molecule has 1 N–H and O–H groups in total. The van der Waals surface area contributed by atoms with Crippen LogP contribution in [-0.2, 0) is 36.1 Å². The normalized spacial score (nSPS) is 14.8. The third-order valence-electron chi connectivity index (χ3n) is 11.6. The molecule has 0 spiro atoms. The van der Waals surface area contributed by atoms with E-state index in [1.54, 1.807) is 65.8 Å². The lowest BCUT2D eigenvalue weighted by molar-refractivity contribution is 0.0183. The molecule has 404 valence electrons. The Morgan fingerprint density at radius 1 is 0.618 bits per heavy atom. The van der Waals surface area contributed by atoms with E-state index in [0.29, 0.717) is 28.5 Å². The molecule has 0 aliphatic carbocycles. The molecule has 4 aromatic carbocycles. The predicted octanol–water partition coefficient (Wildman–Crippen LogP) is 7.42. The number of nitrogens with zero attached hydrogens (tertiary/aromatic N) is 12. The van der Waals surface area contributed by atoms with E-state index in [9.17, 15) is 26.4 Å². The lowest BCUT2D eigenvalue weighted by Crippen LogP contribution is -2.51. The highest BCUT2D eigenvalue weighted by atomic mass is 32.2. The SMILES string of the molecule is Cc1cc(C)cc(Oc2ccc(-c3nn[nH]n3)cc2S(=O)(=O)N2CCN(C(=O)OC(C)(C)C)CC2)c1.Cc1cc(C)cc(Oc2ccc(-c3nnnn3CCC#N)cc2S(=O)(=O)N2CCN(C(=O)OC(C)(C)C)CC2)c1. The molecule has 2 aliphatic rings. The molecule has 8 rings (SSSR count). The van der Waals surface area contributed by atoms with E-state index >= 15 is 0 Å². The molecule has 2 aromatic heterocycles. The molecule has 23 nitrogen and oxygen atoms in total. The number of hydrogen-bond acceptors (Lipinski definition) is 17. The maximum Gasteiger partial charge on any atom is 0.410 e. The van der Waals surface area contributed by atoms with Crippen LogP contribution < -0.4 is 9.47 Å². The number of rotatable bonds is 12. The third kappa shape index (κ3) is 14.2. The van der Waals surface area contributed by atoms with Crippen LogP contribution in [-0.4, -0.2) is 152 Å². The van der Waals surface area contributed by atoms with Gasteiger partial charge in [0.15, 0.2) is 5.82 Å². The molecule has 0 saturated carbocycles. The highest BCUT2D eigenvalue weighted by molar-refractivity contribution is 7.89. The van der Waals surface area contributed by atoms with Crippen molar-refractivity contribution in [2.75, 3.05) is 52.4 Å². The van der Waals surface area contributed by atoms with Crippen molar-refractivity contribution < 1.29 is 45.4 Å². The topological polar surface area (TPSA) is 274 Å². The standard InChI is InChI=1S/C27H33N7O5S.C24H30N6O5S/c1-19-15-20(2)17-22(16-19)38-23-8-7-21(25-29-30-31-34(25)10-6-9-28)18-24(23)40(36,37)33-13-11-32(12-14-33)26(35)39-27(3,4)5;1-16-12-17(2)14-19(13-16)34-20-7-6-18(22-25-27-28-26-22)15-21(20)36(32,33)30-10-8-29(9-11-30)23(31)35-24(3,4)5/h7-8,15-18H,6,10-14H2,1-5H3;6-7,12-15H,8-11H2,1-5H3,(H,25,26,27,28). The number of amides is 2. The molecule has 0 bridgehead atoms. The van der Waals surface area contributed by atoms with Crippen molar-refractivity contribution in [1.29, 1.82) is 5.26 Å². The number of carbonyl (C=O) groups is 2. The van der Waals surface area contributed by atoms with Crippen molar-refractivity contribution >= 4 is 32.2 Å². The van der Waals surface area contributed by atoms with Crippen molar-refractivity contribution in [1.82, 2.24) is 59.2 Å². The van der Waals surface area contributed by atoms with Gasteiger partial charge in [-0.1, -0.05) is 12.1 Å². The molecule has 6 aromatic rings. The molecule has 4 heterocycles. The van der Waals surface area contributed by atoms with Gasteiger partial charge in [0.1, 0.15) is 44.0 Å². The van der Waals surface area contributed by atoms with Crippen molar-refractivity contribution in [3.63, 3.8) is 0 Å². The minimum atomic E-state index is -4.06. The first-order valence-electron chi connectivity index (χ1n) is 24.4. The van der Waals surface area contributed by atoms with Gasteiger partial charge in [-0.05, 0) is 168 Å². The van der Waals surface area contributed by atoms with E-state index in [4.69, 9.17) is 24.2 Å². The van der Waals surface area contributed by atoms with Gasteiger partial charge in [0, 0.05) is 63.5 Å². The van der Waals surface area contributed by atoms with Gasteiger partial charge in [0.05, 0.1) is 19.0 Å². The third-order valence-corrected chi connectivity index (χ3v) is 15.4. The van der Waals surface area contributed by atoms with Gasteiger partial charge in [-0.2, -0.15) is 19.1 Å². The van der Waals surface area contributed by atoms with E-state index in [0.717, 1.165) is 22.3 Å². The summed E-state index contributed by atoms with van der Waals surface area (Å²) in [5.41, 5.74) is 3.60. The molecule has 25 heteroatoms. The fourth-order valence-electron chi connectivity index (χ4n) is 8.26. The molecule has 2 aliphatic heterocycles. The van der Waals surface area contributed by atoms with Crippen LogP contribution in [0.3, 0.4) is 0 Å². The lowest BCUT2D eigenvalue weighted by atomic mass is 10.1. The van der Waals surface area contributed by atoms with Gasteiger partial charge >= 0.3 is 12.2 Å². The van der Waals surface area contributed by atoms with Crippen LogP contribution in [0.1, 0.15) is 70.2 Å². The number of H-pyrrole nitrogens is 1. The second kappa shape index (κ2) is 23.2. The van der Waals surface area contributed by atoms with Crippen LogP contribution in [0.4, 0.5) is 9.59 Å². The fraction of sp³-hybridized carbons (Fsp3) is 0.431. The van der Waals surface area contributed by atoms with E-state index in [1.807, 2.05) is 64.1 Å². The first-order chi connectivity index (χ1) is 35.8. The number of nitrogens with one attached hydrogen (secondary N) is 1. The Morgan fingerprint density at radius 3 is 1.46 bits per heavy atom. The maximum absolute atomic E-state index is 14.0. The molecular formula is C51H63N13O10S2. The minimum absolute atomic E-state index is 0.0188. The molecule has 76 heavy (non-hydrogen) atoms. The maximum atomic E-state index is 14.0. The Labute approximate surface area is 442 Å². The van der Waals surface area contributed by atoms with Gasteiger partial charge in [0.25, 0.3) is 0 Å². The van der Waals surface area contributed by atoms with E-state index < -0.39 is 43.4 Å². The summed E-state index contributed by atoms with van der Waals surface area (Å²) in [6.07, 6.45) is -0.744. The molecule has 0 atom stereocenters. The van der Waals surface area contributed by atoms with Crippen LogP contribution in [0.25, 0.3) is 22.8 Å². The number of aromatic nitrogens is 8. The number of sulfonamides is 2. The fourth-order valence-corrected chi connectivity index (χ4v) is 11.4. The number of aryl methyl sites for hydroxylation is 5. The number of aromatic amines is 1. The van der Waals surface area contributed by atoms with Gasteiger partial charge in [0.2, 0.25) is 25.9 Å². The monoisotopic (exact) mass is 1080 g/mol. The Hall–Kier alpha value is -7.53. The van der Waals surface area contributed by atoms with Crippen LogP contribution in [0.5, 0.6) is 23.0 Å². The smallest absolute Gasteiger partial charge is 0.410 e. The zero-order valence-corrected chi connectivity index (χ0v) is 45.9. The largest absolute Gasteiger partial charge is 0.456 e. The predicted molar refractivity (Wildman–Crippen MR) is 278 cm³/mol. The summed E-state index contributed by atoms with van der Waals surface area (Å²) in [6.45, 7) is 20.0. The number of benzene rings is 4. The Kier molecular flexibility index (Phi) is 17.1. The zero-order valence-electron chi connectivity index (χ0n) is 44.3. The van der Waals surface area contributed by atoms with Crippen LogP contribution in [0, 0.1) is 39.0 Å². The zero-order chi connectivity index (χ0) is 55.2. The van der Waals surface area contributed by atoms with Gasteiger partial charge in [-0.15, -0.1) is 15.3 Å². The first kappa shape index (κ1) is 56.2. The molecule has 0 unspecified atom stereocenters. The number of ether oxygens (including phenoxy) is 4. The molecule has 2 amide bonds. The first-order valence-corrected chi connectivity index (χ1v) is 27.3. The highest BCUT2D eigenvalue weighted by Gasteiger charge is 2.36. The number of carbonyl (C=O) groups excluding carboxylic acids is 2. The molecule has 0 radical (unpaired) electrons. The summed E-state index contributed by atoms with van der Waals surface area (Å²) in [5, 5.41) is 34.5. The average Bonchev–Trinajstić information content (AvgIpc) is 4.08. The van der Waals surface area contributed by atoms with Gasteiger partial charge in [-0.3, -0.25) is 0 Å². The quantitative estimate of drug-likeness (QED) is 0.125. The Morgan fingerprint density at radius 2 is 1.05 bits per heavy atom. The van der Waals surface area contributed by atoms with Crippen molar-refractivity contribution in [3.05, 3.63) is 95.1 Å². The van der Waals surface area contributed by atoms with E-state index in [-0.39, 0.29) is 92.4 Å². The van der Waals surface area contributed by atoms with Crippen LogP contribution >= 0.6 is 0 Å². The summed E-state index contributed by atoms with van der Waals surface area (Å²) in [5.74, 6) is 1.97. The van der Waals surface area contributed by atoms with Crippen LogP contribution in [0.2, 0.25) is 0 Å². The van der Waals surface area contributed by atoms with E-state index in [2.05, 4.69) is 42.2 Å². The summed E-state index contributed by atoms with van der Waals surface area (Å²) in [7, 11) is -8.05. The number of nitriles is 1. The summed E-state index contributed by atoms with van der Waals surface area (Å²) < 4.78 is 82.9. The highest BCUT2D eigenvalue weighted by Crippen LogP contribution is 2.37. The minimum Gasteiger partial charge on any atom is -0.456 e. The summed E-state index contributed by atoms with van der Waals surface area (Å²) >= 11 is 0. The number of piperazine rings is 2. The lowest BCUT2D eigenvalue weighted by Gasteiger charge is -2.35. The second-order valence-electron chi connectivity index (χ2n) is 20.3. The van der Waals surface area contributed by atoms with Crippen molar-refractivity contribution in [2.24, 2.45) is 0 Å². The molecule has 2 fully saturated rings. The van der Waals surface area contributed by atoms with E-state index in [1.165, 1.54) is 35.2 Å². The Bertz CT molecular complexity index is 3270. The van der Waals surface area contributed by atoms with Gasteiger partial charge < -0.3 is 28.7 Å². The Balaban J connectivity index is 0.000000222. The molecular weight excluding hydrogens is 1020 g/mol.